The van der Waals surface area contributed by atoms with Crippen molar-refractivity contribution in [1.82, 2.24) is 25.1 Å². The molecule has 4 heterocycles. The highest BCUT2D eigenvalue weighted by molar-refractivity contribution is 7.03. The fourth-order valence-corrected chi connectivity index (χ4v) is 4.39. The zero-order valence-electron chi connectivity index (χ0n) is 13.4. The molecule has 6 nitrogen and oxygen atoms in total. The number of nitrogens with zero attached hydrogens (tertiary/aromatic N) is 3. The molecule has 1 amide bonds. The van der Waals surface area contributed by atoms with Crippen molar-refractivity contribution in [1.29, 1.82) is 0 Å². The number of hydrogen-bond donors (Lipinski definition) is 2. The molecule has 2 aliphatic heterocycles. The third-order valence-corrected chi connectivity index (χ3v) is 5.68. The molecular formula is C17H21N5OS. The van der Waals surface area contributed by atoms with Crippen molar-refractivity contribution in [3.63, 3.8) is 0 Å². The maximum atomic E-state index is 12.6. The van der Waals surface area contributed by atoms with Crippen LogP contribution in [0.2, 0.25) is 0 Å². The Balaban J connectivity index is 1.48. The molecule has 2 aliphatic rings. The molecule has 2 fully saturated rings. The molecule has 24 heavy (non-hydrogen) atoms. The maximum absolute atomic E-state index is 12.6. The first-order valence-electron chi connectivity index (χ1n) is 8.40. The quantitative estimate of drug-likeness (QED) is 0.887. The van der Waals surface area contributed by atoms with Crippen molar-refractivity contribution in [2.45, 2.75) is 24.8 Å². The molecule has 0 aliphatic carbocycles. The summed E-state index contributed by atoms with van der Waals surface area (Å²) in [6.07, 6.45) is 7.57. The van der Waals surface area contributed by atoms with Gasteiger partial charge in [0.05, 0.1) is 11.8 Å². The minimum atomic E-state index is 0.111. The SMILES string of the molecule is O=C(c1cnsc1)N1CCCC(C2NNCC2c2ccncc2)C1. The van der Waals surface area contributed by atoms with Crippen LogP contribution in [0.5, 0.6) is 0 Å². The van der Waals surface area contributed by atoms with Gasteiger partial charge in [-0.25, -0.2) is 4.37 Å². The van der Waals surface area contributed by atoms with E-state index in [9.17, 15) is 4.79 Å². The molecular weight excluding hydrogens is 322 g/mol. The number of nitrogens with one attached hydrogen (secondary N) is 2. The molecule has 126 valence electrons. The van der Waals surface area contributed by atoms with Gasteiger partial charge >= 0.3 is 0 Å². The normalized spacial score (nSPS) is 27.3. The van der Waals surface area contributed by atoms with E-state index in [4.69, 9.17) is 0 Å². The second-order valence-electron chi connectivity index (χ2n) is 6.50. The number of carbonyl (C=O) groups is 1. The number of hydrazine groups is 1. The van der Waals surface area contributed by atoms with Crippen LogP contribution in [0.25, 0.3) is 0 Å². The first-order valence-corrected chi connectivity index (χ1v) is 9.23. The van der Waals surface area contributed by atoms with Crippen molar-refractivity contribution in [2.75, 3.05) is 19.6 Å². The summed E-state index contributed by atoms with van der Waals surface area (Å²) in [5.74, 6) is 0.971. The van der Waals surface area contributed by atoms with E-state index in [0.717, 1.165) is 32.5 Å². The number of aromatic nitrogens is 2. The van der Waals surface area contributed by atoms with Crippen LogP contribution in [0.4, 0.5) is 0 Å². The van der Waals surface area contributed by atoms with E-state index >= 15 is 0 Å². The summed E-state index contributed by atoms with van der Waals surface area (Å²) in [7, 11) is 0. The summed E-state index contributed by atoms with van der Waals surface area (Å²) < 4.78 is 4.05. The van der Waals surface area contributed by atoms with Gasteiger partial charge in [-0.1, -0.05) is 0 Å². The Kier molecular flexibility index (Phi) is 4.55. The molecule has 0 bridgehead atoms. The van der Waals surface area contributed by atoms with Gasteiger partial charge in [-0.3, -0.25) is 20.6 Å². The summed E-state index contributed by atoms with van der Waals surface area (Å²) in [4.78, 5) is 18.7. The van der Waals surface area contributed by atoms with Crippen LogP contribution in [0.1, 0.15) is 34.7 Å². The lowest BCUT2D eigenvalue weighted by molar-refractivity contribution is 0.0645. The highest BCUT2D eigenvalue weighted by Crippen LogP contribution is 2.31. The Morgan fingerprint density at radius 3 is 3.00 bits per heavy atom. The van der Waals surface area contributed by atoms with Crippen LogP contribution in [0, 0.1) is 5.92 Å². The molecule has 3 atom stereocenters. The van der Waals surface area contributed by atoms with E-state index in [0.29, 0.717) is 23.4 Å². The highest BCUT2D eigenvalue weighted by Gasteiger charge is 2.37. The summed E-state index contributed by atoms with van der Waals surface area (Å²) in [5, 5.41) is 1.83. The third-order valence-electron chi connectivity index (χ3n) is 5.09. The molecule has 2 aromatic heterocycles. The second-order valence-corrected chi connectivity index (χ2v) is 7.16. The van der Waals surface area contributed by atoms with Crippen molar-refractivity contribution in [2.24, 2.45) is 5.92 Å². The topological polar surface area (TPSA) is 70.2 Å². The monoisotopic (exact) mass is 343 g/mol. The van der Waals surface area contributed by atoms with Gasteiger partial charge in [-0.15, -0.1) is 0 Å². The predicted molar refractivity (Wildman–Crippen MR) is 92.6 cm³/mol. The van der Waals surface area contributed by atoms with Gasteiger partial charge in [0.25, 0.3) is 5.91 Å². The molecule has 0 saturated carbocycles. The Morgan fingerprint density at radius 1 is 1.33 bits per heavy atom. The van der Waals surface area contributed by atoms with Crippen molar-refractivity contribution < 1.29 is 4.79 Å². The first kappa shape index (κ1) is 15.7. The molecule has 4 rings (SSSR count). The summed E-state index contributed by atoms with van der Waals surface area (Å²) >= 11 is 1.33. The van der Waals surface area contributed by atoms with E-state index in [1.807, 2.05) is 22.7 Å². The Hall–Kier alpha value is -1.83. The van der Waals surface area contributed by atoms with Gasteiger partial charge in [-0.2, -0.15) is 0 Å². The van der Waals surface area contributed by atoms with E-state index in [-0.39, 0.29) is 5.91 Å². The number of hydrogen-bond acceptors (Lipinski definition) is 6. The molecule has 0 spiro atoms. The number of rotatable bonds is 3. The first-order chi connectivity index (χ1) is 11.8. The van der Waals surface area contributed by atoms with Gasteiger partial charge in [0.2, 0.25) is 0 Å². The number of carbonyl (C=O) groups excluding carboxylic acids is 1. The van der Waals surface area contributed by atoms with E-state index in [1.165, 1.54) is 17.1 Å². The van der Waals surface area contributed by atoms with Crippen LogP contribution in [-0.4, -0.2) is 45.8 Å². The summed E-state index contributed by atoms with van der Waals surface area (Å²) in [5.41, 5.74) is 8.77. The minimum Gasteiger partial charge on any atom is -0.338 e. The van der Waals surface area contributed by atoms with E-state index in [2.05, 4.69) is 32.3 Å². The third kappa shape index (κ3) is 3.07. The zero-order valence-corrected chi connectivity index (χ0v) is 14.2. The highest BCUT2D eigenvalue weighted by atomic mass is 32.1. The number of piperidine rings is 1. The van der Waals surface area contributed by atoms with Crippen LogP contribution >= 0.6 is 11.5 Å². The maximum Gasteiger partial charge on any atom is 0.256 e. The zero-order chi connectivity index (χ0) is 16.4. The van der Waals surface area contributed by atoms with Gasteiger partial charge in [-0.05, 0) is 48.0 Å². The van der Waals surface area contributed by atoms with Gasteiger partial charge in [0, 0.05) is 49.4 Å². The molecule has 3 unspecified atom stereocenters. The van der Waals surface area contributed by atoms with Gasteiger partial charge in [0.1, 0.15) is 0 Å². The molecule has 2 aromatic rings. The molecule has 0 aromatic carbocycles. The summed E-state index contributed by atoms with van der Waals surface area (Å²) in [6.45, 7) is 2.55. The standard InChI is InChI=1S/C17H21N5OS/c23-17(14-8-20-24-11-14)22-7-1-2-13(10-22)16-15(9-19-21-16)12-3-5-18-6-4-12/h3-6,8,11,13,15-16,19,21H,1-2,7,9-10H2. The molecule has 2 N–H and O–H groups in total. The molecule has 2 saturated heterocycles. The predicted octanol–water partition coefficient (Wildman–Crippen LogP) is 1.65. The van der Waals surface area contributed by atoms with Crippen LogP contribution in [0.15, 0.2) is 36.1 Å². The van der Waals surface area contributed by atoms with Gasteiger partial charge in [0.15, 0.2) is 0 Å². The van der Waals surface area contributed by atoms with Crippen molar-refractivity contribution in [3.8, 4) is 0 Å². The smallest absolute Gasteiger partial charge is 0.256 e. The number of pyridine rings is 1. The van der Waals surface area contributed by atoms with Crippen LogP contribution in [-0.2, 0) is 0 Å². The van der Waals surface area contributed by atoms with Crippen LogP contribution in [0.3, 0.4) is 0 Å². The fourth-order valence-electron chi connectivity index (χ4n) is 3.88. The average molecular weight is 343 g/mol. The number of likely N-dealkylation sites (tertiary alicyclic amines) is 1. The van der Waals surface area contributed by atoms with Crippen molar-refractivity contribution >= 4 is 17.4 Å². The lowest BCUT2D eigenvalue weighted by atomic mass is 9.81. The minimum absolute atomic E-state index is 0.111. The van der Waals surface area contributed by atoms with Crippen LogP contribution < -0.4 is 10.9 Å². The molecule has 0 radical (unpaired) electrons. The van der Waals surface area contributed by atoms with Gasteiger partial charge < -0.3 is 4.90 Å². The summed E-state index contributed by atoms with van der Waals surface area (Å²) in [6, 6.07) is 4.52. The second kappa shape index (κ2) is 6.96. The number of amides is 1. The fraction of sp³-hybridized carbons (Fsp3) is 0.471. The van der Waals surface area contributed by atoms with E-state index in [1.54, 1.807) is 6.20 Å². The van der Waals surface area contributed by atoms with E-state index < -0.39 is 0 Å². The molecule has 7 heteroatoms. The Morgan fingerprint density at radius 2 is 2.21 bits per heavy atom. The lowest BCUT2D eigenvalue weighted by Gasteiger charge is -2.37. The van der Waals surface area contributed by atoms with Crippen molar-refractivity contribution in [3.05, 3.63) is 47.2 Å². The Bertz CT molecular complexity index is 678. The largest absolute Gasteiger partial charge is 0.338 e. The lowest BCUT2D eigenvalue weighted by Crippen LogP contribution is -2.48. The Labute approximate surface area is 145 Å². The average Bonchev–Trinajstić information content (AvgIpc) is 3.34.